The fraction of sp³-hybridized carbons (Fsp3) is 0.917. The normalized spacial score (nSPS) is 16.8. The highest BCUT2D eigenvalue weighted by molar-refractivity contribution is 4.86. The second kappa shape index (κ2) is 6.51. The standard InChI is InChI=1S/C12H23/c1-2-3-4-5-6-7-8-9-12-10-11-12/h9,12H,2-8,10-11H2,1H3. The lowest BCUT2D eigenvalue weighted by Crippen LogP contribution is -1.82. The van der Waals surface area contributed by atoms with Gasteiger partial charge in [-0.15, -0.1) is 0 Å². The number of unbranched alkanes of at least 4 members (excludes halogenated alkanes) is 6. The van der Waals surface area contributed by atoms with E-state index in [9.17, 15) is 0 Å². The first-order valence-electron chi connectivity index (χ1n) is 5.77. The molecule has 71 valence electrons. The molecule has 0 atom stereocenters. The maximum atomic E-state index is 2.54. The van der Waals surface area contributed by atoms with Gasteiger partial charge in [-0.1, -0.05) is 45.4 Å². The van der Waals surface area contributed by atoms with Crippen LogP contribution in [0, 0.1) is 12.3 Å². The van der Waals surface area contributed by atoms with E-state index in [0.717, 1.165) is 5.92 Å². The Hall–Kier alpha value is 0. The van der Waals surface area contributed by atoms with Gasteiger partial charge in [0.15, 0.2) is 0 Å². The minimum atomic E-state index is 1.03. The molecule has 0 N–H and O–H groups in total. The van der Waals surface area contributed by atoms with E-state index in [4.69, 9.17) is 0 Å². The van der Waals surface area contributed by atoms with Gasteiger partial charge in [-0.2, -0.15) is 0 Å². The van der Waals surface area contributed by atoms with E-state index in [0.29, 0.717) is 0 Å². The van der Waals surface area contributed by atoms with Crippen LogP contribution in [0.15, 0.2) is 0 Å². The van der Waals surface area contributed by atoms with Crippen LogP contribution < -0.4 is 0 Å². The molecule has 1 aliphatic carbocycles. The smallest absolute Gasteiger partial charge is 0.0355 e. The van der Waals surface area contributed by atoms with Crippen LogP contribution in [-0.2, 0) is 0 Å². The Morgan fingerprint density at radius 3 is 2.33 bits per heavy atom. The zero-order valence-corrected chi connectivity index (χ0v) is 8.52. The fourth-order valence-electron chi connectivity index (χ4n) is 1.61. The van der Waals surface area contributed by atoms with E-state index in [-0.39, 0.29) is 0 Å². The molecule has 1 radical (unpaired) electrons. The molecule has 0 spiro atoms. The summed E-state index contributed by atoms with van der Waals surface area (Å²) in [5.74, 6) is 1.03. The topological polar surface area (TPSA) is 0 Å². The first-order valence-corrected chi connectivity index (χ1v) is 5.77. The highest BCUT2D eigenvalue weighted by atomic mass is 14.2. The quantitative estimate of drug-likeness (QED) is 0.471. The third kappa shape index (κ3) is 5.62. The summed E-state index contributed by atoms with van der Waals surface area (Å²) in [6, 6.07) is 0. The van der Waals surface area contributed by atoms with Gasteiger partial charge in [-0.3, -0.25) is 0 Å². The molecular weight excluding hydrogens is 144 g/mol. The third-order valence-electron chi connectivity index (χ3n) is 2.68. The second-order valence-electron chi connectivity index (χ2n) is 4.13. The Kier molecular flexibility index (Phi) is 5.47. The molecule has 1 saturated carbocycles. The zero-order valence-electron chi connectivity index (χ0n) is 8.52. The van der Waals surface area contributed by atoms with Gasteiger partial charge < -0.3 is 0 Å². The Labute approximate surface area is 77.7 Å². The lowest BCUT2D eigenvalue weighted by Gasteiger charge is -1.99. The molecule has 1 aliphatic rings. The SMILES string of the molecule is CCCCCCCC[CH]C1CC1. The molecule has 12 heavy (non-hydrogen) atoms. The molecule has 0 aromatic carbocycles. The summed E-state index contributed by atoms with van der Waals surface area (Å²) in [4.78, 5) is 0. The average molecular weight is 167 g/mol. The van der Waals surface area contributed by atoms with Gasteiger partial charge in [-0.25, -0.2) is 0 Å². The number of hydrogen-bond acceptors (Lipinski definition) is 0. The molecule has 0 amide bonds. The Morgan fingerprint density at radius 1 is 1.00 bits per heavy atom. The average Bonchev–Trinajstić information content (AvgIpc) is 2.87. The van der Waals surface area contributed by atoms with Crippen molar-refractivity contribution in [3.8, 4) is 0 Å². The molecule has 0 aliphatic heterocycles. The van der Waals surface area contributed by atoms with Crippen LogP contribution in [0.1, 0.15) is 64.7 Å². The molecule has 0 nitrogen and oxygen atoms in total. The van der Waals surface area contributed by atoms with Crippen LogP contribution in [0.4, 0.5) is 0 Å². The first-order chi connectivity index (χ1) is 5.93. The van der Waals surface area contributed by atoms with Gasteiger partial charge in [0, 0.05) is 0 Å². The van der Waals surface area contributed by atoms with Gasteiger partial charge in [0.1, 0.15) is 0 Å². The van der Waals surface area contributed by atoms with E-state index in [1.54, 1.807) is 0 Å². The number of hydrogen-bond donors (Lipinski definition) is 0. The minimum absolute atomic E-state index is 1.03. The molecule has 0 unspecified atom stereocenters. The summed E-state index contributed by atoms with van der Waals surface area (Å²) in [6.45, 7) is 2.28. The maximum absolute atomic E-state index is 2.54. The lowest BCUT2D eigenvalue weighted by atomic mass is 10.1. The van der Waals surface area contributed by atoms with Crippen molar-refractivity contribution in [1.82, 2.24) is 0 Å². The lowest BCUT2D eigenvalue weighted by molar-refractivity contribution is 0.599. The van der Waals surface area contributed by atoms with Gasteiger partial charge in [0.25, 0.3) is 0 Å². The molecule has 0 heterocycles. The molecule has 0 saturated heterocycles. The Morgan fingerprint density at radius 2 is 1.67 bits per heavy atom. The van der Waals surface area contributed by atoms with Crippen LogP contribution in [0.5, 0.6) is 0 Å². The van der Waals surface area contributed by atoms with E-state index >= 15 is 0 Å². The van der Waals surface area contributed by atoms with Crippen molar-refractivity contribution in [1.29, 1.82) is 0 Å². The van der Waals surface area contributed by atoms with Crippen molar-refractivity contribution in [2.45, 2.75) is 64.7 Å². The summed E-state index contributed by atoms with van der Waals surface area (Å²) in [6.07, 6.45) is 15.5. The van der Waals surface area contributed by atoms with Crippen LogP contribution in [0.3, 0.4) is 0 Å². The highest BCUT2D eigenvalue weighted by Crippen LogP contribution is 2.33. The summed E-state index contributed by atoms with van der Waals surface area (Å²) in [7, 11) is 0. The van der Waals surface area contributed by atoms with Crippen LogP contribution in [0.2, 0.25) is 0 Å². The van der Waals surface area contributed by atoms with Gasteiger partial charge in [0.05, 0.1) is 0 Å². The summed E-state index contributed by atoms with van der Waals surface area (Å²) in [5, 5.41) is 0. The molecule has 1 fully saturated rings. The van der Waals surface area contributed by atoms with Crippen molar-refractivity contribution in [3.63, 3.8) is 0 Å². The summed E-state index contributed by atoms with van der Waals surface area (Å²) >= 11 is 0. The summed E-state index contributed by atoms with van der Waals surface area (Å²) in [5.41, 5.74) is 0. The van der Waals surface area contributed by atoms with E-state index in [1.807, 2.05) is 0 Å². The molecule has 1 rings (SSSR count). The van der Waals surface area contributed by atoms with Gasteiger partial charge in [0.2, 0.25) is 0 Å². The maximum Gasteiger partial charge on any atom is -0.0355 e. The van der Waals surface area contributed by atoms with Crippen molar-refractivity contribution in [2.24, 2.45) is 5.92 Å². The van der Waals surface area contributed by atoms with Crippen LogP contribution >= 0.6 is 0 Å². The zero-order chi connectivity index (χ0) is 8.65. The predicted molar refractivity (Wildman–Crippen MR) is 55.0 cm³/mol. The molecule has 0 bridgehead atoms. The molecule has 0 aromatic heterocycles. The second-order valence-corrected chi connectivity index (χ2v) is 4.13. The highest BCUT2D eigenvalue weighted by Gasteiger charge is 2.19. The molecular formula is C12H23. The van der Waals surface area contributed by atoms with Crippen LogP contribution in [0.25, 0.3) is 0 Å². The first kappa shape index (κ1) is 10.1. The minimum Gasteiger partial charge on any atom is -0.0654 e. The van der Waals surface area contributed by atoms with Crippen molar-refractivity contribution < 1.29 is 0 Å². The van der Waals surface area contributed by atoms with E-state index in [1.165, 1.54) is 57.8 Å². The largest absolute Gasteiger partial charge is 0.0654 e. The predicted octanol–water partition coefficient (Wildman–Crippen LogP) is 4.35. The third-order valence-corrected chi connectivity index (χ3v) is 2.68. The van der Waals surface area contributed by atoms with Gasteiger partial charge in [-0.05, 0) is 31.6 Å². The summed E-state index contributed by atoms with van der Waals surface area (Å²) < 4.78 is 0. The van der Waals surface area contributed by atoms with E-state index < -0.39 is 0 Å². The number of rotatable bonds is 8. The Bertz CT molecular complexity index is 92.2. The van der Waals surface area contributed by atoms with Crippen molar-refractivity contribution >= 4 is 0 Å². The van der Waals surface area contributed by atoms with Crippen molar-refractivity contribution in [2.75, 3.05) is 0 Å². The monoisotopic (exact) mass is 167 g/mol. The van der Waals surface area contributed by atoms with Gasteiger partial charge >= 0.3 is 0 Å². The van der Waals surface area contributed by atoms with Crippen LogP contribution in [-0.4, -0.2) is 0 Å². The fourth-order valence-corrected chi connectivity index (χ4v) is 1.61. The molecule has 0 aromatic rings. The van der Waals surface area contributed by atoms with E-state index in [2.05, 4.69) is 13.3 Å². The molecule has 0 heteroatoms. The van der Waals surface area contributed by atoms with Crippen molar-refractivity contribution in [3.05, 3.63) is 6.42 Å². The Balaban J connectivity index is 1.65.